The molecule has 2 heteroatoms. The van der Waals surface area contributed by atoms with Gasteiger partial charge >= 0.3 is 0 Å². The van der Waals surface area contributed by atoms with Crippen molar-refractivity contribution in [2.24, 2.45) is 0 Å². The van der Waals surface area contributed by atoms with Crippen LogP contribution in [0, 0.1) is 0 Å². The van der Waals surface area contributed by atoms with Gasteiger partial charge in [-0.15, -0.1) is 0 Å². The smallest absolute Gasteiger partial charge is 0.0780 e. The molecule has 0 heterocycles. The summed E-state index contributed by atoms with van der Waals surface area (Å²) >= 11 is 0. The van der Waals surface area contributed by atoms with Gasteiger partial charge in [0.05, 0.1) is 27.7 Å². The molecule has 129 valence electrons. The summed E-state index contributed by atoms with van der Waals surface area (Å²) in [5.41, 5.74) is 0. The van der Waals surface area contributed by atoms with Crippen molar-refractivity contribution < 1.29 is 21.6 Å². The zero-order chi connectivity index (χ0) is 15.1. The molecule has 0 aliphatic carbocycles. The number of quaternary nitrogens is 1. The van der Waals surface area contributed by atoms with E-state index in [1.165, 1.54) is 96.4 Å². The maximum absolute atomic E-state index is 2.29. The molecule has 1 radical (unpaired) electrons. The maximum atomic E-state index is 2.29. The minimum atomic E-state index is 0. The van der Waals surface area contributed by atoms with Crippen LogP contribution in [0.2, 0.25) is 0 Å². The van der Waals surface area contributed by atoms with Crippen molar-refractivity contribution >= 4 is 0 Å². The largest absolute Gasteiger partial charge is 0.331 e. The van der Waals surface area contributed by atoms with E-state index in [1.807, 2.05) is 0 Å². The molecule has 1 nitrogen and oxygen atoms in total. The van der Waals surface area contributed by atoms with Gasteiger partial charge in [-0.1, -0.05) is 84.0 Å². The Kier molecular flexibility index (Phi) is 19.0. The molecule has 0 N–H and O–H groups in total. The molecule has 0 spiro atoms. The van der Waals surface area contributed by atoms with E-state index in [2.05, 4.69) is 28.1 Å². The van der Waals surface area contributed by atoms with E-state index < -0.39 is 0 Å². The molecule has 0 aromatic rings. The molecule has 0 aliphatic heterocycles. The summed E-state index contributed by atoms with van der Waals surface area (Å²) in [4.78, 5) is 0. The second-order valence-corrected chi connectivity index (χ2v) is 7.61. The average Bonchev–Trinajstić information content (AvgIpc) is 2.38. The Balaban J connectivity index is 0. The van der Waals surface area contributed by atoms with Crippen LogP contribution in [0.3, 0.4) is 0 Å². The molecular formula is C19H42MnN+. The fraction of sp³-hybridized carbons (Fsp3) is 1.00. The van der Waals surface area contributed by atoms with Crippen molar-refractivity contribution in [1.29, 1.82) is 0 Å². The van der Waals surface area contributed by atoms with Gasteiger partial charge in [0.25, 0.3) is 0 Å². The van der Waals surface area contributed by atoms with E-state index in [9.17, 15) is 0 Å². The summed E-state index contributed by atoms with van der Waals surface area (Å²) in [5.74, 6) is 0. The number of hydrogen-bond donors (Lipinski definition) is 0. The van der Waals surface area contributed by atoms with Gasteiger partial charge in [-0.25, -0.2) is 0 Å². The average molecular weight is 339 g/mol. The second-order valence-electron chi connectivity index (χ2n) is 7.61. The predicted octanol–water partition coefficient (Wildman–Crippen LogP) is 6.17. The third kappa shape index (κ3) is 22.9. The van der Waals surface area contributed by atoms with Gasteiger partial charge in [-0.2, -0.15) is 0 Å². The normalized spacial score (nSPS) is 11.4. The minimum Gasteiger partial charge on any atom is -0.331 e. The van der Waals surface area contributed by atoms with Gasteiger partial charge < -0.3 is 4.48 Å². The first kappa shape index (κ1) is 23.7. The van der Waals surface area contributed by atoms with E-state index in [-0.39, 0.29) is 17.1 Å². The second kappa shape index (κ2) is 16.8. The molecule has 0 unspecified atom stereocenters. The van der Waals surface area contributed by atoms with Crippen LogP contribution in [0.1, 0.15) is 96.8 Å². The number of rotatable bonds is 15. The molecular weight excluding hydrogens is 297 g/mol. The Hall–Kier alpha value is 0.479. The molecule has 0 amide bonds. The first-order valence-electron chi connectivity index (χ1n) is 9.36. The van der Waals surface area contributed by atoms with Crippen LogP contribution in [0.15, 0.2) is 0 Å². The predicted molar refractivity (Wildman–Crippen MR) is 93.2 cm³/mol. The monoisotopic (exact) mass is 339 g/mol. The van der Waals surface area contributed by atoms with Crippen molar-refractivity contribution in [3.05, 3.63) is 0 Å². The maximum Gasteiger partial charge on any atom is 0.0780 e. The molecule has 0 saturated carbocycles. The first-order valence-corrected chi connectivity index (χ1v) is 9.36. The van der Waals surface area contributed by atoms with Gasteiger partial charge in [0.2, 0.25) is 0 Å². The molecule has 0 rings (SSSR count). The molecule has 0 atom stereocenters. The van der Waals surface area contributed by atoms with Crippen LogP contribution in [-0.4, -0.2) is 32.2 Å². The van der Waals surface area contributed by atoms with Crippen LogP contribution < -0.4 is 0 Å². The van der Waals surface area contributed by atoms with Gasteiger partial charge in [-0.3, -0.25) is 0 Å². The Labute approximate surface area is 146 Å². The van der Waals surface area contributed by atoms with E-state index in [0.29, 0.717) is 0 Å². The van der Waals surface area contributed by atoms with Crippen LogP contribution in [0.4, 0.5) is 0 Å². The Morgan fingerprint density at radius 2 is 0.762 bits per heavy atom. The van der Waals surface area contributed by atoms with Crippen molar-refractivity contribution in [1.82, 2.24) is 0 Å². The van der Waals surface area contributed by atoms with Crippen LogP contribution >= 0.6 is 0 Å². The first-order chi connectivity index (χ1) is 9.56. The van der Waals surface area contributed by atoms with E-state index in [0.717, 1.165) is 4.48 Å². The van der Waals surface area contributed by atoms with Crippen molar-refractivity contribution in [3.63, 3.8) is 0 Å². The number of unbranched alkanes of at least 4 members (excludes halogenated alkanes) is 13. The molecule has 0 saturated heterocycles. The summed E-state index contributed by atoms with van der Waals surface area (Å²) in [6.07, 6.45) is 20.4. The molecule has 0 fully saturated rings. The van der Waals surface area contributed by atoms with Gasteiger partial charge in [0.1, 0.15) is 0 Å². The zero-order valence-corrected chi connectivity index (χ0v) is 16.6. The standard InChI is InChI=1S/C19H42N.Mn/c1-5-6-7-8-9-10-11-12-13-14-15-16-17-18-19-20(2,3)4;/h5-19H2,1-4H3;/q+1;. The van der Waals surface area contributed by atoms with Crippen molar-refractivity contribution in [3.8, 4) is 0 Å². The summed E-state index contributed by atoms with van der Waals surface area (Å²) in [5, 5.41) is 0. The third-order valence-electron chi connectivity index (χ3n) is 4.18. The van der Waals surface area contributed by atoms with Gasteiger partial charge in [0.15, 0.2) is 0 Å². The zero-order valence-electron chi connectivity index (χ0n) is 15.4. The van der Waals surface area contributed by atoms with Gasteiger partial charge in [-0.05, 0) is 12.8 Å². The van der Waals surface area contributed by atoms with Crippen molar-refractivity contribution in [2.75, 3.05) is 27.7 Å². The molecule has 0 aliphatic rings. The number of hydrogen-bond acceptors (Lipinski definition) is 0. The van der Waals surface area contributed by atoms with E-state index in [4.69, 9.17) is 0 Å². The molecule has 21 heavy (non-hydrogen) atoms. The minimum absolute atomic E-state index is 0. The van der Waals surface area contributed by atoms with Crippen LogP contribution in [-0.2, 0) is 17.1 Å². The summed E-state index contributed by atoms with van der Waals surface area (Å²) in [6.45, 7) is 3.63. The summed E-state index contributed by atoms with van der Waals surface area (Å²) < 4.78 is 1.12. The molecule has 0 aromatic heterocycles. The van der Waals surface area contributed by atoms with E-state index >= 15 is 0 Å². The third-order valence-corrected chi connectivity index (χ3v) is 4.18. The molecule has 0 bridgehead atoms. The Morgan fingerprint density at radius 1 is 0.476 bits per heavy atom. The van der Waals surface area contributed by atoms with Crippen LogP contribution in [0.25, 0.3) is 0 Å². The summed E-state index contributed by atoms with van der Waals surface area (Å²) in [7, 11) is 6.88. The Bertz CT molecular complexity index is 186. The van der Waals surface area contributed by atoms with E-state index in [1.54, 1.807) is 0 Å². The fourth-order valence-corrected chi connectivity index (χ4v) is 2.78. The fourth-order valence-electron chi connectivity index (χ4n) is 2.78. The Morgan fingerprint density at radius 3 is 1.05 bits per heavy atom. The van der Waals surface area contributed by atoms with Crippen molar-refractivity contribution in [2.45, 2.75) is 96.8 Å². The number of nitrogens with zero attached hydrogens (tertiary/aromatic N) is 1. The quantitative estimate of drug-likeness (QED) is 0.190. The summed E-state index contributed by atoms with van der Waals surface area (Å²) in [6, 6.07) is 0. The van der Waals surface area contributed by atoms with Gasteiger partial charge in [0, 0.05) is 17.1 Å². The SMILES string of the molecule is CCCCCCCCCCCCCCCC[N+](C)(C)C.[Mn]. The van der Waals surface area contributed by atoms with Crippen LogP contribution in [0.5, 0.6) is 0 Å². The topological polar surface area (TPSA) is 0 Å². The molecule has 0 aromatic carbocycles.